The normalized spacial score (nSPS) is 17.0. The summed E-state index contributed by atoms with van der Waals surface area (Å²) in [7, 11) is 0. The van der Waals surface area contributed by atoms with Crippen molar-refractivity contribution >= 4 is 23.3 Å². The Kier molecular flexibility index (Phi) is 4.73. The van der Waals surface area contributed by atoms with E-state index in [9.17, 15) is 0 Å². The van der Waals surface area contributed by atoms with Gasteiger partial charge in [0, 0.05) is 24.8 Å². The van der Waals surface area contributed by atoms with E-state index in [1.165, 1.54) is 33.4 Å². The maximum absolute atomic E-state index is 5.30. The molecule has 1 aromatic carbocycles. The Bertz CT molecular complexity index is 1250. The minimum absolute atomic E-state index is 1.02. The lowest BCUT2D eigenvalue weighted by Gasteiger charge is -2.15. The molecule has 6 rings (SSSR count). The predicted molar refractivity (Wildman–Crippen MR) is 131 cm³/mol. The topological polar surface area (TPSA) is 38.7 Å². The second-order valence-corrected chi connectivity index (χ2v) is 8.42. The zero-order valence-corrected chi connectivity index (χ0v) is 17.8. The van der Waals surface area contributed by atoms with Gasteiger partial charge in [0.05, 0.1) is 11.4 Å². The van der Waals surface area contributed by atoms with Gasteiger partial charge in [-0.1, -0.05) is 42.5 Å². The van der Waals surface area contributed by atoms with Crippen LogP contribution in [-0.2, 0) is 12.8 Å². The lowest BCUT2D eigenvalue weighted by atomic mass is 9.93. The fraction of sp³-hybridized carbons (Fsp3) is 0.138. The third-order valence-corrected chi connectivity index (χ3v) is 6.41. The van der Waals surface area contributed by atoms with Gasteiger partial charge in [-0.05, 0) is 94.5 Å². The van der Waals surface area contributed by atoms with Crippen molar-refractivity contribution in [1.82, 2.24) is 15.0 Å². The first-order chi connectivity index (χ1) is 15.9. The predicted octanol–water partition coefficient (Wildman–Crippen LogP) is 6.51. The first-order valence-corrected chi connectivity index (χ1v) is 11.2. The summed E-state index contributed by atoms with van der Waals surface area (Å²) in [6.45, 7) is 0. The number of benzene rings is 1. The fourth-order valence-corrected chi connectivity index (χ4v) is 5.00. The number of aromatic nitrogens is 3. The van der Waals surface area contributed by atoms with E-state index in [1.807, 2.05) is 36.9 Å². The maximum atomic E-state index is 5.30. The third kappa shape index (κ3) is 3.36. The number of rotatable bonds is 3. The minimum atomic E-state index is 1.02. The third-order valence-electron chi connectivity index (χ3n) is 6.41. The quantitative estimate of drug-likeness (QED) is 0.384. The first-order valence-electron chi connectivity index (χ1n) is 11.2. The zero-order chi connectivity index (χ0) is 21.3. The lowest BCUT2D eigenvalue weighted by Crippen LogP contribution is -2.00. The molecule has 0 saturated heterocycles. The maximum Gasteiger partial charge on any atom is 0.0707 e. The summed E-state index contributed by atoms with van der Waals surface area (Å²) >= 11 is 0. The van der Waals surface area contributed by atoms with Crippen LogP contribution in [0.25, 0.3) is 34.4 Å². The largest absolute Gasteiger partial charge is 0.264 e. The molecule has 2 aliphatic carbocycles. The van der Waals surface area contributed by atoms with Crippen molar-refractivity contribution in [2.45, 2.75) is 25.7 Å². The number of allylic oxidation sites excluding steroid dienone is 2. The number of nitrogens with zero attached hydrogens (tertiary/aromatic N) is 3. The Morgan fingerprint density at radius 1 is 0.594 bits per heavy atom. The SMILES string of the molecule is C(=C1/CCc2c1nc1c(c2-c2ccccc2)CC/C1=C\c1cccnc1)/c1cccnc1. The van der Waals surface area contributed by atoms with Gasteiger partial charge in [0.1, 0.15) is 0 Å². The van der Waals surface area contributed by atoms with Crippen molar-refractivity contribution in [2.24, 2.45) is 0 Å². The van der Waals surface area contributed by atoms with Crippen LogP contribution in [0.1, 0.15) is 46.5 Å². The Labute approximate surface area is 188 Å². The second-order valence-electron chi connectivity index (χ2n) is 8.42. The monoisotopic (exact) mass is 413 g/mol. The van der Waals surface area contributed by atoms with Crippen molar-refractivity contribution in [3.05, 3.63) is 113 Å². The van der Waals surface area contributed by atoms with Gasteiger partial charge in [0.25, 0.3) is 0 Å². The molecule has 2 aliphatic rings. The van der Waals surface area contributed by atoms with E-state index in [0.717, 1.165) is 48.2 Å². The molecule has 4 aromatic rings. The average Bonchev–Trinajstić information content (AvgIpc) is 3.44. The molecule has 0 amide bonds. The molecule has 3 nitrogen and oxygen atoms in total. The molecule has 0 N–H and O–H groups in total. The second kappa shape index (κ2) is 8.01. The highest BCUT2D eigenvalue weighted by molar-refractivity contribution is 5.93. The zero-order valence-electron chi connectivity index (χ0n) is 17.8. The summed E-state index contributed by atoms with van der Waals surface area (Å²) in [5.41, 5.74) is 12.7. The standard InChI is InChI=1S/C29H23N3/c1-2-8-22(9-3-1)27-25-12-10-23(16-20-6-4-14-30-18-20)28(25)32-29-24(11-13-26(27)29)17-21-7-5-15-31-19-21/h1-9,14-19H,10-13H2/b23-16+,24-17+. The number of hydrogen-bond acceptors (Lipinski definition) is 3. The van der Waals surface area contributed by atoms with E-state index in [-0.39, 0.29) is 0 Å². The Morgan fingerprint density at radius 2 is 1.16 bits per heavy atom. The van der Waals surface area contributed by atoms with Crippen LogP contribution < -0.4 is 0 Å². The number of hydrogen-bond donors (Lipinski definition) is 0. The summed E-state index contributed by atoms with van der Waals surface area (Å²) in [4.78, 5) is 13.9. The highest BCUT2D eigenvalue weighted by atomic mass is 14.8. The fourth-order valence-electron chi connectivity index (χ4n) is 5.00. The van der Waals surface area contributed by atoms with Gasteiger partial charge in [0.2, 0.25) is 0 Å². The van der Waals surface area contributed by atoms with E-state index >= 15 is 0 Å². The van der Waals surface area contributed by atoms with Gasteiger partial charge in [-0.3, -0.25) is 9.97 Å². The van der Waals surface area contributed by atoms with E-state index < -0.39 is 0 Å². The summed E-state index contributed by atoms with van der Waals surface area (Å²) in [6.07, 6.45) is 16.1. The molecule has 3 aromatic heterocycles. The lowest BCUT2D eigenvalue weighted by molar-refractivity contribution is 1.05. The Morgan fingerprint density at radius 3 is 1.66 bits per heavy atom. The van der Waals surface area contributed by atoms with Crippen LogP contribution >= 0.6 is 0 Å². The highest BCUT2D eigenvalue weighted by Crippen LogP contribution is 2.46. The van der Waals surface area contributed by atoms with E-state index in [1.54, 1.807) is 0 Å². The van der Waals surface area contributed by atoms with Crippen LogP contribution in [-0.4, -0.2) is 15.0 Å². The summed E-state index contributed by atoms with van der Waals surface area (Å²) in [5.74, 6) is 0. The van der Waals surface area contributed by atoms with E-state index in [2.05, 4.69) is 64.6 Å². The van der Waals surface area contributed by atoms with Crippen molar-refractivity contribution in [3.63, 3.8) is 0 Å². The molecule has 0 aliphatic heterocycles. The van der Waals surface area contributed by atoms with Crippen molar-refractivity contribution in [1.29, 1.82) is 0 Å². The van der Waals surface area contributed by atoms with Crippen molar-refractivity contribution in [3.8, 4) is 11.1 Å². The van der Waals surface area contributed by atoms with E-state index in [0.29, 0.717) is 0 Å². The molecule has 32 heavy (non-hydrogen) atoms. The van der Waals surface area contributed by atoms with Crippen LogP contribution in [0.5, 0.6) is 0 Å². The first kappa shape index (κ1) is 18.9. The Balaban J connectivity index is 1.56. The van der Waals surface area contributed by atoms with Crippen molar-refractivity contribution < 1.29 is 0 Å². The average molecular weight is 414 g/mol. The van der Waals surface area contributed by atoms with Gasteiger partial charge < -0.3 is 0 Å². The molecule has 0 fully saturated rings. The molecule has 0 saturated carbocycles. The van der Waals surface area contributed by atoms with Gasteiger partial charge in [-0.25, -0.2) is 4.98 Å². The number of pyridine rings is 3. The molecule has 0 unspecified atom stereocenters. The molecular formula is C29H23N3. The van der Waals surface area contributed by atoms with E-state index in [4.69, 9.17) is 4.98 Å². The van der Waals surface area contributed by atoms with Gasteiger partial charge >= 0.3 is 0 Å². The molecule has 0 spiro atoms. The minimum Gasteiger partial charge on any atom is -0.264 e. The summed E-state index contributed by atoms with van der Waals surface area (Å²) < 4.78 is 0. The summed E-state index contributed by atoms with van der Waals surface area (Å²) in [5, 5.41) is 0. The van der Waals surface area contributed by atoms with Crippen molar-refractivity contribution in [2.75, 3.05) is 0 Å². The number of fused-ring (bicyclic) bond motifs is 2. The van der Waals surface area contributed by atoms with Crippen LogP contribution in [0.2, 0.25) is 0 Å². The summed E-state index contributed by atoms with van der Waals surface area (Å²) in [6, 6.07) is 19.0. The van der Waals surface area contributed by atoms with Crippen LogP contribution in [0, 0.1) is 0 Å². The molecule has 3 heterocycles. The molecule has 3 heteroatoms. The van der Waals surface area contributed by atoms with Crippen LogP contribution in [0.3, 0.4) is 0 Å². The molecule has 0 atom stereocenters. The molecule has 0 radical (unpaired) electrons. The van der Waals surface area contributed by atoms with Gasteiger partial charge in [-0.15, -0.1) is 0 Å². The smallest absolute Gasteiger partial charge is 0.0707 e. The molecule has 0 bridgehead atoms. The highest BCUT2D eigenvalue weighted by Gasteiger charge is 2.30. The molecule has 154 valence electrons. The van der Waals surface area contributed by atoms with Gasteiger partial charge in [-0.2, -0.15) is 0 Å². The van der Waals surface area contributed by atoms with Crippen LogP contribution in [0.15, 0.2) is 79.4 Å². The van der Waals surface area contributed by atoms with Gasteiger partial charge in [0.15, 0.2) is 0 Å². The molecular weight excluding hydrogens is 390 g/mol. The Hall–Kier alpha value is -3.85. The van der Waals surface area contributed by atoms with Crippen LogP contribution in [0.4, 0.5) is 0 Å².